The molecular weight excluding hydrogens is 638 g/mol. The van der Waals surface area contributed by atoms with Gasteiger partial charge in [-0.15, -0.1) is 0 Å². The molecule has 0 radical (unpaired) electrons. The summed E-state index contributed by atoms with van der Waals surface area (Å²) in [6, 6.07) is 0. The van der Waals surface area contributed by atoms with E-state index < -0.39 is 11.0 Å². The van der Waals surface area contributed by atoms with Crippen molar-refractivity contribution in [2.45, 2.75) is 62.9 Å². The van der Waals surface area contributed by atoms with Crippen LogP contribution in [0.1, 0.15) is 41.0 Å². The number of epoxide rings is 1. The number of fused-ring (bicyclic) bond motifs is 3. The summed E-state index contributed by atoms with van der Waals surface area (Å²) in [4.78, 5) is 25.4. The molecule has 8 atom stereocenters. The Kier molecular flexibility index (Phi) is 6.82. The molecule has 6 unspecified atom stereocenters. The van der Waals surface area contributed by atoms with Gasteiger partial charge >= 0.3 is 0 Å². The van der Waals surface area contributed by atoms with Crippen LogP contribution in [0.3, 0.4) is 0 Å². The summed E-state index contributed by atoms with van der Waals surface area (Å²) in [5, 5.41) is 0. The normalized spacial score (nSPS) is 47.8. The van der Waals surface area contributed by atoms with Gasteiger partial charge in [0.2, 0.25) is 0 Å². The molecule has 3 saturated carbocycles. The van der Waals surface area contributed by atoms with Crippen molar-refractivity contribution in [3.8, 4) is 0 Å². The zero-order chi connectivity index (χ0) is 23.5. The third-order valence-electron chi connectivity index (χ3n) is 9.39. The Morgan fingerprint density at radius 2 is 1.97 bits per heavy atom. The van der Waals surface area contributed by atoms with Crippen molar-refractivity contribution in [1.82, 2.24) is 0 Å². The maximum Gasteiger partial charge on any atom is 0.193 e. The first-order valence-electron chi connectivity index (χ1n) is 11.1. The summed E-state index contributed by atoms with van der Waals surface area (Å²) in [5.41, 5.74) is -0.833. The van der Waals surface area contributed by atoms with Gasteiger partial charge in [-0.05, 0) is 56.6 Å². The molecule has 0 amide bonds. The molecule has 0 aromatic carbocycles. The van der Waals surface area contributed by atoms with Crippen LogP contribution in [0, 0.1) is 22.7 Å². The lowest BCUT2D eigenvalue weighted by Crippen LogP contribution is -2.64. The standard InChI is InChI=1S/C24H32O6.I2.H/c1-21-9-8-15(25)10-14(21)6-7-16-17-11-19(28-4)24(29-5,18(26)13-27-3)22(17,2)12-20-23(16,21)30-20;1-2;/h8-10,16-17,19-20H,6-7,11-13H2,1-5H3;;/q;;-1/t16?,17?,19?,20?,21-,22-,23?,24?;;/m0../s1/i;;1+1. The maximum atomic E-state index is 13.4. The van der Waals surface area contributed by atoms with Crippen molar-refractivity contribution >= 4 is 48.8 Å². The van der Waals surface area contributed by atoms with Gasteiger partial charge < -0.3 is 20.4 Å². The van der Waals surface area contributed by atoms with E-state index in [0.717, 1.165) is 25.7 Å². The Hall–Kier alpha value is 0.120. The van der Waals surface area contributed by atoms with Crippen molar-refractivity contribution in [1.29, 1.82) is 0 Å². The Morgan fingerprint density at radius 3 is 2.59 bits per heavy atom. The first-order chi connectivity index (χ1) is 15.2. The van der Waals surface area contributed by atoms with Crippen molar-refractivity contribution < 1.29 is 30.0 Å². The van der Waals surface area contributed by atoms with Crippen LogP contribution in [0.5, 0.6) is 0 Å². The van der Waals surface area contributed by atoms with Crippen molar-refractivity contribution in [2.24, 2.45) is 22.7 Å². The van der Waals surface area contributed by atoms with Crippen LogP contribution in [0.2, 0.25) is 0 Å². The number of hydrogen-bond acceptors (Lipinski definition) is 6. The maximum absolute atomic E-state index is 13.4. The summed E-state index contributed by atoms with van der Waals surface area (Å²) in [6.07, 6.45) is 8.63. The number of ketones is 2. The molecule has 1 spiro atoms. The fourth-order valence-corrected chi connectivity index (χ4v) is 8.10. The molecule has 32 heavy (non-hydrogen) atoms. The second kappa shape index (κ2) is 8.65. The Labute approximate surface area is 215 Å². The molecule has 180 valence electrons. The number of carbonyl (C=O) groups is 2. The van der Waals surface area contributed by atoms with E-state index >= 15 is 0 Å². The minimum absolute atomic E-state index is 0. The molecule has 0 N–H and O–H groups in total. The number of Topliss-reactive ketones (excluding diaryl/α,β-unsaturated/α-hetero) is 1. The molecule has 8 heteroatoms. The summed E-state index contributed by atoms with van der Waals surface area (Å²) in [5.74, 6) is 0.528. The second-order valence-corrected chi connectivity index (χ2v) is 10.1. The average molecular weight is 672 g/mol. The number of allylic oxidation sites excluding steroid dienone is 2. The van der Waals surface area contributed by atoms with Crippen LogP contribution in [0.4, 0.5) is 0 Å². The number of carbonyl (C=O) groups excluding carboxylic acids is 2. The van der Waals surface area contributed by atoms with E-state index in [4.69, 9.17) is 18.9 Å². The van der Waals surface area contributed by atoms with Gasteiger partial charge in [-0.25, -0.2) is 0 Å². The van der Waals surface area contributed by atoms with Gasteiger partial charge in [0.25, 0.3) is 0 Å². The highest BCUT2D eigenvalue weighted by Gasteiger charge is 2.82. The lowest BCUT2D eigenvalue weighted by atomic mass is 9.46. The van der Waals surface area contributed by atoms with Gasteiger partial charge in [0.15, 0.2) is 17.2 Å². The van der Waals surface area contributed by atoms with Crippen molar-refractivity contribution in [2.75, 3.05) is 27.9 Å². The van der Waals surface area contributed by atoms with Gasteiger partial charge in [-0.1, -0.05) is 18.6 Å². The minimum atomic E-state index is -1.05. The highest BCUT2D eigenvalue weighted by atomic mass is 128. The molecule has 5 rings (SSSR count). The van der Waals surface area contributed by atoms with Gasteiger partial charge in [0.05, 0.1) is 12.2 Å². The molecule has 6 nitrogen and oxygen atoms in total. The van der Waals surface area contributed by atoms with Crippen LogP contribution in [-0.2, 0) is 28.5 Å². The molecule has 1 heterocycles. The molecule has 0 bridgehead atoms. The van der Waals surface area contributed by atoms with E-state index in [1.165, 1.54) is 5.57 Å². The quantitative estimate of drug-likeness (QED) is 0.316. The first kappa shape index (κ1) is 25.2. The summed E-state index contributed by atoms with van der Waals surface area (Å²) in [7, 11) is 4.84. The summed E-state index contributed by atoms with van der Waals surface area (Å²) in [6.45, 7) is 4.42. The first-order valence-corrected chi connectivity index (χ1v) is 17.4. The second-order valence-electron chi connectivity index (χ2n) is 10.1. The van der Waals surface area contributed by atoms with E-state index in [1.54, 1.807) is 27.4 Å². The summed E-state index contributed by atoms with van der Waals surface area (Å²) < 4.78 is 23.8. The smallest absolute Gasteiger partial charge is 0.193 e. The lowest BCUT2D eigenvalue weighted by Gasteiger charge is -2.56. The van der Waals surface area contributed by atoms with Crippen LogP contribution < -0.4 is 0 Å². The van der Waals surface area contributed by atoms with Gasteiger partial charge in [0, 0.05) is 69.4 Å². The van der Waals surface area contributed by atoms with Gasteiger partial charge in [0.1, 0.15) is 12.2 Å². The highest BCUT2D eigenvalue weighted by molar-refractivity contribution is 15.0. The molecule has 1 aliphatic heterocycles. The van der Waals surface area contributed by atoms with E-state index in [-0.39, 0.29) is 54.7 Å². The highest BCUT2D eigenvalue weighted by Crippen LogP contribution is 2.76. The zero-order valence-corrected chi connectivity index (χ0v) is 23.6. The fraction of sp³-hybridized carbons (Fsp3) is 0.750. The largest absolute Gasteiger partial charge is 1.00 e. The Balaban J connectivity index is 0.000000994. The monoisotopic (exact) mass is 672 g/mol. The molecule has 1 saturated heterocycles. The third kappa shape index (κ3) is 2.95. The predicted molar refractivity (Wildman–Crippen MR) is 138 cm³/mol. The number of hydrogen-bond donors (Lipinski definition) is 0. The SMILES string of the molecule is COCC(=O)C1(OC)C(OC)CC2C3CCC4=CC(=O)C=C[C@]4(C)C34OC4C[C@@]21C.II.[2H-]. The predicted octanol–water partition coefficient (Wildman–Crippen LogP) is 4.54. The molecule has 5 aliphatic rings. The van der Waals surface area contributed by atoms with Crippen LogP contribution in [0.25, 0.3) is 0 Å². The third-order valence-corrected chi connectivity index (χ3v) is 9.39. The minimum Gasteiger partial charge on any atom is -1.00 e. The van der Waals surface area contributed by atoms with E-state index in [2.05, 4.69) is 57.2 Å². The average Bonchev–Trinajstić information content (AvgIpc) is 3.44. The topological polar surface area (TPSA) is 74.4 Å². The summed E-state index contributed by atoms with van der Waals surface area (Å²) >= 11 is 4.24. The lowest BCUT2D eigenvalue weighted by molar-refractivity contribution is -0.187. The van der Waals surface area contributed by atoms with Crippen molar-refractivity contribution in [3.05, 3.63) is 23.8 Å². The van der Waals surface area contributed by atoms with Crippen molar-refractivity contribution in [3.63, 3.8) is 0 Å². The number of methoxy groups -OCH3 is 3. The molecule has 0 aromatic heterocycles. The fourth-order valence-electron chi connectivity index (χ4n) is 8.10. The van der Waals surface area contributed by atoms with E-state index in [1.807, 2.05) is 6.08 Å². The Bertz CT molecular complexity index is 879. The number of halogens is 2. The van der Waals surface area contributed by atoms with Crippen LogP contribution in [-0.4, -0.2) is 62.9 Å². The number of ether oxygens (including phenoxy) is 4. The zero-order valence-electron chi connectivity index (χ0n) is 20.3. The van der Waals surface area contributed by atoms with E-state index in [9.17, 15) is 9.59 Å². The number of rotatable bonds is 5. The molecule has 4 aliphatic carbocycles. The molecular formula is C24H33I2O6-. The van der Waals surface area contributed by atoms with Gasteiger partial charge in [-0.3, -0.25) is 9.59 Å². The van der Waals surface area contributed by atoms with Crippen LogP contribution >= 0.6 is 37.2 Å². The van der Waals surface area contributed by atoms with Crippen LogP contribution in [0.15, 0.2) is 23.8 Å². The van der Waals surface area contributed by atoms with E-state index in [0.29, 0.717) is 0 Å². The Morgan fingerprint density at radius 1 is 1.25 bits per heavy atom. The molecule has 4 fully saturated rings. The molecule has 0 aromatic rings. The van der Waals surface area contributed by atoms with Gasteiger partial charge in [-0.2, -0.15) is 0 Å².